The highest BCUT2D eigenvalue weighted by Crippen LogP contribution is 2.40. The Hall–Kier alpha value is -1.67. The molecule has 4 fully saturated rings. The summed E-state index contributed by atoms with van der Waals surface area (Å²) in [6.07, 6.45) is 0.741. The van der Waals surface area contributed by atoms with Gasteiger partial charge in [0.2, 0.25) is 0 Å². The van der Waals surface area contributed by atoms with Gasteiger partial charge in [0.05, 0.1) is 12.7 Å². The monoisotopic (exact) mass is 431 g/mol. The van der Waals surface area contributed by atoms with Crippen molar-refractivity contribution in [3.8, 4) is 0 Å². The number of fused-ring (bicyclic) bond motifs is 3. The van der Waals surface area contributed by atoms with Gasteiger partial charge in [-0.15, -0.1) is 0 Å². The fourth-order valence-electron chi connectivity index (χ4n) is 5.50. The van der Waals surface area contributed by atoms with Crippen molar-refractivity contribution in [3.63, 3.8) is 0 Å². The van der Waals surface area contributed by atoms with Gasteiger partial charge in [0.15, 0.2) is 18.7 Å². The lowest BCUT2D eigenvalue weighted by molar-refractivity contribution is -0.345. The van der Waals surface area contributed by atoms with Gasteiger partial charge < -0.3 is 29.0 Å². The molecule has 3 heterocycles. The highest BCUT2D eigenvalue weighted by atomic mass is 16.8. The van der Waals surface area contributed by atoms with Crippen LogP contribution in [0.25, 0.3) is 0 Å². The first-order chi connectivity index (χ1) is 15.0. The third-order valence-electron chi connectivity index (χ3n) is 7.21. The van der Waals surface area contributed by atoms with Crippen molar-refractivity contribution in [3.05, 3.63) is 35.9 Å². The maximum absolute atomic E-state index is 12.2. The zero-order chi connectivity index (χ0) is 21.5. The van der Waals surface area contributed by atoms with Crippen LogP contribution in [0.5, 0.6) is 0 Å². The highest BCUT2D eigenvalue weighted by Gasteiger charge is 2.56. The molecule has 4 aliphatic rings. The van der Waals surface area contributed by atoms with Gasteiger partial charge in [-0.1, -0.05) is 57.5 Å². The molecule has 9 atom stereocenters. The maximum Gasteiger partial charge on any atom is 0.408 e. The molecule has 1 amide bonds. The van der Waals surface area contributed by atoms with Gasteiger partial charge in [-0.25, -0.2) is 4.79 Å². The molecule has 0 aromatic heterocycles. The van der Waals surface area contributed by atoms with E-state index < -0.39 is 36.9 Å². The van der Waals surface area contributed by atoms with Crippen molar-refractivity contribution in [1.82, 2.24) is 5.32 Å². The van der Waals surface area contributed by atoms with E-state index in [0.717, 1.165) is 18.4 Å². The van der Waals surface area contributed by atoms with Crippen molar-refractivity contribution < 1.29 is 28.5 Å². The summed E-state index contributed by atoms with van der Waals surface area (Å²) >= 11 is 0. The zero-order valence-corrected chi connectivity index (χ0v) is 18.4. The van der Waals surface area contributed by atoms with E-state index in [-0.39, 0.29) is 12.2 Å². The topological polar surface area (TPSA) is 75.2 Å². The fraction of sp³-hybridized carbons (Fsp3) is 0.708. The second kappa shape index (κ2) is 8.70. The number of carbonyl (C=O) groups excluding carboxylic acids is 1. The molecule has 3 saturated heterocycles. The lowest BCUT2D eigenvalue weighted by Crippen LogP contribution is -2.63. The first-order valence-corrected chi connectivity index (χ1v) is 11.6. The highest BCUT2D eigenvalue weighted by molar-refractivity contribution is 5.70. The summed E-state index contributed by atoms with van der Waals surface area (Å²) < 4.78 is 30.7. The van der Waals surface area contributed by atoms with Gasteiger partial charge in [0.25, 0.3) is 0 Å². The maximum atomic E-state index is 12.2. The predicted octanol–water partition coefficient (Wildman–Crippen LogP) is 3.78. The summed E-state index contributed by atoms with van der Waals surface area (Å²) in [5.74, 6) is 1.64. The molecular formula is C24H33NO6. The molecule has 170 valence electrons. The summed E-state index contributed by atoms with van der Waals surface area (Å²) in [6, 6.07) is 9.39. The Morgan fingerprint density at radius 2 is 1.90 bits per heavy atom. The molecule has 3 aliphatic heterocycles. The summed E-state index contributed by atoms with van der Waals surface area (Å²) in [6.45, 7) is 7.15. The molecule has 7 heteroatoms. The molecule has 7 nitrogen and oxygen atoms in total. The van der Waals surface area contributed by atoms with Crippen molar-refractivity contribution >= 4 is 6.09 Å². The molecule has 1 aromatic rings. The van der Waals surface area contributed by atoms with Gasteiger partial charge in [-0.2, -0.15) is 0 Å². The van der Waals surface area contributed by atoms with Gasteiger partial charge >= 0.3 is 6.09 Å². The molecule has 31 heavy (non-hydrogen) atoms. The number of hydrogen-bond acceptors (Lipinski definition) is 6. The summed E-state index contributed by atoms with van der Waals surface area (Å²) in [4.78, 5) is 12.2. The molecule has 5 rings (SSSR count). The minimum absolute atomic E-state index is 0.103. The standard InChI is InChI=1S/C24H33NO6/c1-13(2)16-10-9-14(3)11-17(16)28-23-19-21(31-24(26)25-19)20-18(29-23)12-27-22(30-20)15-7-5-4-6-8-15/h4-8,13-14,16-23H,9-12H2,1-3H3,(H,25,26)/t14-,16+,17?,18-,19-,20-,21+,22?,23-/m1/s1. The third kappa shape index (κ3) is 4.21. The Labute approximate surface area is 183 Å². The third-order valence-corrected chi connectivity index (χ3v) is 7.21. The van der Waals surface area contributed by atoms with E-state index in [9.17, 15) is 4.79 Å². The number of carbonyl (C=O) groups is 1. The van der Waals surface area contributed by atoms with Crippen LogP contribution in [-0.4, -0.2) is 49.4 Å². The molecule has 1 aliphatic carbocycles. The number of amides is 1. The minimum atomic E-state index is -0.574. The largest absolute Gasteiger partial charge is 0.441 e. The average molecular weight is 432 g/mol. The van der Waals surface area contributed by atoms with E-state index in [4.69, 9.17) is 23.7 Å². The van der Waals surface area contributed by atoms with Crippen molar-refractivity contribution in [2.75, 3.05) is 6.61 Å². The van der Waals surface area contributed by atoms with Crippen LogP contribution in [0.3, 0.4) is 0 Å². The minimum Gasteiger partial charge on any atom is -0.441 e. The molecule has 1 aromatic carbocycles. The van der Waals surface area contributed by atoms with Crippen LogP contribution in [0.15, 0.2) is 30.3 Å². The number of nitrogens with one attached hydrogen (secondary N) is 1. The summed E-state index contributed by atoms with van der Waals surface area (Å²) in [7, 11) is 0. The SMILES string of the molecule is CC(C)[C@@H]1CC[C@@H](C)CC1O[C@@H]1O[C@@H]2COC(c3ccccc3)O[C@H]2[C@H]2OC(=O)N[C@@H]12. The van der Waals surface area contributed by atoms with Gasteiger partial charge in [0, 0.05) is 5.56 Å². The van der Waals surface area contributed by atoms with Gasteiger partial charge in [-0.05, 0) is 30.6 Å². The average Bonchev–Trinajstić information content (AvgIpc) is 3.16. The number of ether oxygens (including phenoxy) is 5. The first kappa shape index (κ1) is 21.2. The normalized spacial score (nSPS) is 42.5. The lowest BCUT2D eigenvalue weighted by atomic mass is 9.75. The van der Waals surface area contributed by atoms with E-state index in [1.807, 2.05) is 30.3 Å². The van der Waals surface area contributed by atoms with Crippen LogP contribution < -0.4 is 5.32 Å². The molecule has 0 spiro atoms. The van der Waals surface area contributed by atoms with Crippen LogP contribution in [-0.2, 0) is 23.7 Å². The Bertz CT molecular complexity index is 773. The molecule has 0 radical (unpaired) electrons. The summed E-state index contributed by atoms with van der Waals surface area (Å²) in [5.41, 5.74) is 0.934. The van der Waals surface area contributed by atoms with Crippen LogP contribution in [0, 0.1) is 17.8 Å². The van der Waals surface area contributed by atoms with E-state index in [0.29, 0.717) is 24.4 Å². The summed E-state index contributed by atoms with van der Waals surface area (Å²) in [5, 5.41) is 2.91. The first-order valence-electron chi connectivity index (χ1n) is 11.6. The number of benzene rings is 1. The zero-order valence-electron chi connectivity index (χ0n) is 18.4. The Morgan fingerprint density at radius 3 is 2.68 bits per heavy atom. The molecule has 2 unspecified atom stereocenters. The van der Waals surface area contributed by atoms with E-state index in [1.165, 1.54) is 6.42 Å². The molecule has 1 N–H and O–H groups in total. The second-order valence-electron chi connectivity index (χ2n) is 9.76. The van der Waals surface area contributed by atoms with Crippen molar-refractivity contribution in [2.24, 2.45) is 17.8 Å². The van der Waals surface area contributed by atoms with Gasteiger partial charge in [-0.3, -0.25) is 0 Å². The smallest absolute Gasteiger partial charge is 0.408 e. The van der Waals surface area contributed by atoms with E-state index >= 15 is 0 Å². The van der Waals surface area contributed by atoms with Crippen LogP contribution in [0.2, 0.25) is 0 Å². The Kier molecular flexibility index (Phi) is 5.94. The van der Waals surface area contributed by atoms with Crippen LogP contribution in [0.4, 0.5) is 4.79 Å². The molecular weight excluding hydrogens is 398 g/mol. The molecule has 0 bridgehead atoms. The van der Waals surface area contributed by atoms with Gasteiger partial charge in [0.1, 0.15) is 18.2 Å². The molecule has 1 saturated carbocycles. The van der Waals surface area contributed by atoms with E-state index in [2.05, 4.69) is 26.1 Å². The quantitative estimate of drug-likeness (QED) is 0.782. The Balaban J connectivity index is 1.33. The van der Waals surface area contributed by atoms with E-state index in [1.54, 1.807) is 0 Å². The van der Waals surface area contributed by atoms with Crippen molar-refractivity contribution in [2.45, 2.75) is 83.1 Å². The van der Waals surface area contributed by atoms with Crippen molar-refractivity contribution in [1.29, 1.82) is 0 Å². The van der Waals surface area contributed by atoms with Crippen LogP contribution in [0.1, 0.15) is 51.9 Å². The number of rotatable bonds is 4. The number of hydrogen-bond donors (Lipinski definition) is 1. The lowest BCUT2D eigenvalue weighted by Gasteiger charge is -2.47. The number of alkyl carbamates (subject to hydrolysis) is 1. The Morgan fingerprint density at radius 1 is 1.10 bits per heavy atom. The van der Waals surface area contributed by atoms with Crippen LogP contribution >= 0.6 is 0 Å². The fourth-order valence-corrected chi connectivity index (χ4v) is 5.50. The second-order valence-corrected chi connectivity index (χ2v) is 9.76. The predicted molar refractivity (Wildman–Crippen MR) is 112 cm³/mol.